The van der Waals surface area contributed by atoms with Crippen LogP contribution in [0.25, 0.3) is 0 Å². The van der Waals surface area contributed by atoms with Gasteiger partial charge in [-0.25, -0.2) is 8.42 Å². The van der Waals surface area contributed by atoms with Crippen LogP contribution in [0.15, 0.2) is 23.1 Å². The highest BCUT2D eigenvalue weighted by atomic mass is 32.2. The summed E-state index contributed by atoms with van der Waals surface area (Å²) in [6.45, 7) is -0.276. The number of rotatable bonds is 6. The summed E-state index contributed by atoms with van der Waals surface area (Å²) in [4.78, 5) is 9.91. The number of hydrogen-bond acceptors (Lipinski definition) is 6. The minimum atomic E-state index is -3.79. The van der Waals surface area contributed by atoms with Gasteiger partial charge < -0.3 is 10.8 Å². The Morgan fingerprint density at radius 3 is 2.55 bits per heavy atom. The summed E-state index contributed by atoms with van der Waals surface area (Å²) in [7, 11) is -3.79. The lowest BCUT2D eigenvalue weighted by atomic mass is 10.3. The lowest BCUT2D eigenvalue weighted by Gasteiger charge is -2.20. The zero-order valence-corrected chi connectivity index (χ0v) is 11.4. The minimum Gasteiger partial charge on any atom is -0.395 e. The van der Waals surface area contributed by atoms with E-state index in [0.717, 1.165) is 31.0 Å². The first-order valence-electron chi connectivity index (χ1n) is 6.04. The van der Waals surface area contributed by atoms with Gasteiger partial charge in [-0.1, -0.05) is 0 Å². The fourth-order valence-electron chi connectivity index (χ4n) is 1.95. The molecule has 0 aliphatic heterocycles. The van der Waals surface area contributed by atoms with Crippen molar-refractivity contribution in [2.24, 2.45) is 0 Å². The first-order chi connectivity index (χ1) is 9.37. The molecule has 3 N–H and O–H groups in total. The molecule has 0 heterocycles. The van der Waals surface area contributed by atoms with E-state index in [2.05, 4.69) is 0 Å². The van der Waals surface area contributed by atoms with Gasteiger partial charge in [0.15, 0.2) is 0 Å². The van der Waals surface area contributed by atoms with E-state index in [4.69, 9.17) is 10.8 Å². The predicted octanol–water partition coefficient (Wildman–Crippen LogP) is 0.322. The Hall–Kier alpha value is -1.71. The molecule has 0 unspecified atom stereocenters. The molecular weight excluding hydrogens is 286 g/mol. The normalized spacial score (nSPS) is 15.5. The van der Waals surface area contributed by atoms with Crippen LogP contribution in [-0.4, -0.2) is 41.9 Å². The number of hydrogen-bond donors (Lipinski definition) is 2. The van der Waals surface area contributed by atoms with E-state index in [1.165, 1.54) is 4.31 Å². The average molecular weight is 301 g/mol. The topological polar surface area (TPSA) is 127 Å². The maximum absolute atomic E-state index is 12.4. The van der Waals surface area contributed by atoms with Crippen molar-refractivity contribution >= 4 is 21.4 Å². The molecule has 0 saturated heterocycles. The highest BCUT2D eigenvalue weighted by molar-refractivity contribution is 7.89. The van der Waals surface area contributed by atoms with Crippen LogP contribution in [0.3, 0.4) is 0 Å². The Morgan fingerprint density at radius 1 is 1.45 bits per heavy atom. The molecule has 0 amide bonds. The van der Waals surface area contributed by atoms with Gasteiger partial charge in [0.05, 0.1) is 16.4 Å². The molecule has 2 rings (SSSR count). The number of sulfonamides is 1. The van der Waals surface area contributed by atoms with Crippen LogP contribution in [0.1, 0.15) is 12.8 Å². The van der Waals surface area contributed by atoms with E-state index >= 15 is 0 Å². The van der Waals surface area contributed by atoms with Crippen LogP contribution in [-0.2, 0) is 10.0 Å². The van der Waals surface area contributed by atoms with Crippen molar-refractivity contribution in [3.63, 3.8) is 0 Å². The smallest absolute Gasteiger partial charge is 0.292 e. The number of nitrogens with zero attached hydrogens (tertiary/aromatic N) is 2. The Labute approximate surface area is 116 Å². The summed E-state index contributed by atoms with van der Waals surface area (Å²) in [6.07, 6.45) is 1.50. The number of benzene rings is 1. The molecular formula is C11H15N3O5S. The molecule has 1 aromatic carbocycles. The van der Waals surface area contributed by atoms with E-state index < -0.39 is 14.9 Å². The summed E-state index contributed by atoms with van der Waals surface area (Å²) in [6, 6.07) is 3.21. The molecule has 1 saturated carbocycles. The second-order valence-electron chi connectivity index (χ2n) is 4.55. The number of aliphatic hydroxyl groups excluding tert-OH is 1. The molecule has 0 radical (unpaired) electrons. The number of nitrogens with two attached hydrogens (primary N) is 1. The van der Waals surface area contributed by atoms with Crippen molar-refractivity contribution in [3.8, 4) is 0 Å². The summed E-state index contributed by atoms with van der Waals surface area (Å²) >= 11 is 0. The molecule has 1 aromatic rings. The quantitative estimate of drug-likeness (QED) is 0.442. The van der Waals surface area contributed by atoms with E-state index in [0.29, 0.717) is 0 Å². The van der Waals surface area contributed by atoms with Crippen LogP contribution >= 0.6 is 0 Å². The molecule has 110 valence electrons. The summed E-state index contributed by atoms with van der Waals surface area (Å²) in [5.74, 6) is 0. The second kappa shape index (κ2) is 5.35. The first kappa shape index (κ1) is 14.7. The third-order valence-corrected chi connectivity index (χ3v) is 5.02. The van der Waals surface area contributed by atoms with Crippen molar-refractivity contribution in [1.82, 2.24) is 4.31 Å². The Morgan fingerprint density at radius 2 is 2.10 bits per heavy atom. The summed E-state index contributed by atoms with van der Waals surface area (Å²) in [5, 5.41) is 19.6. The van der Waals surface area contributed by atoms with Crippen LogP contribution in [0.4, 0.5) is 11.4 Å². The van der Waals surface area contributed by atoms with Crippen molar-refractivity contribution in [3.05, 3.63) is 28.3 Å². The third-order valence-electron chi connectivity index (χ3n) is 3.08. The Bertz CT molecular complexity index is 627. The zero-order chi connectivity index (χ0) is 14.9. The van der Waals surface area contributed by atoms with Gasteiger partial charge in [0.2, 0.25) is 10.0 Å². The van der Waals surface area contributed by atoms with E-state index in [-0.39, 0.29) is 35.5 Å². The second-order valence-corrected chi connectivity index (χ2v) is 6.44. The molecule has 20 heavy (non-hydrogen) atoms. The molecule has 0 spiro atoms. The van der Waals surface area contributed by atoms with E-state index in [1.54, 1.807) is 0 Å². The van der Waals surface area contributed by atoms with Gasteiger partial charge in [-0.05, 0) is 25.0 Å². The number of aliphatic hydroxyl groups is 1. The van der Waals surface area contributed by atoms with Crippen molar-refractivity contribution in [2.45, 2.75) is 23.8 Å². The fourth-order valence-corrected chi connectivity index (χ4v) is 3.67. The zero-order valence-electron chi connectivity index (χ0n) is 10.6. The Kier molecular flexibility index (Phi) is 3.93. The molecule has 0 aromatic heterocycles. The van der Waals surface area contributed by atoms with E-state index in [1.807, 2.05) is 0 Å². The van der Waals surface area contributed by atoms with Crippen LogP contribution < -0.4 is 5.73 Å². The van der Waals surface area contributed by atoms with Gasteiger partial charge in [0, 0.05) is 18.7 Å². The van der Waals surface area contributed by atoms with Gasteiger partial charge in [-0.3, -0.25) is 10.1 Å². The molecule has 1 aliphatic carbocycles. The molecule has 8 nitrogen and oxygen atoms in total. The lowest BCUT2D eigenvalue weighted by Crippen LogP contribution is -2.35. The molecule has 0 bridgehead atoms. The SMILES string of the molecule is Nc1cc(S(=O)(=O)N(CCO)C2CC2)ccc1[N+](=O)[O-]. The lowest BCUT2D eigenvalue weighted by molar-refractivity contribution is -0.383. The minimum absolute atomic E-state index is 0.00386. The van der Waals surface area contributed by atoms with Crippen LogP contribution in [0.2, 0.25) is 0 Å². The van der Waals surface area contributed by atoms with Crippen LogP contribution in [0, 0.1) is 10.1 Å². The summed E-state index contributed by atoms with van der Waals surface area (Å²) in [5.41, 5.74) is 4.98. The van der Waals surface area contributed by atoms with E-state index in [9.17, 15) is 18.5 Å². The Balaban J connectivity index is 2.38. The standard InChI is InChI=1S/C11H15N3O5S/c12-10-7-9(3-4-11(10)14(16)17)20(18,19)13(5-6-15)8-1-2-8/h3-4,7-8,15H,1-2,5-6,12H2. The number of nitro groups is 1. The highest BCUT2D eigenvalue weighted by Gasteiger charge is 2.38. The van der Waals surface area contributed by atoms with Crippen molar-refractivity contribution < 1.29 is 18.4 Å². The molecule has 1 aliphatic rings. The van der Waals surface area contributed by atoms with Crippen molar-refractivity contribution in [1.29, 1.82) is 0 Å². The maximum Gasteiger partial charge on any atom is 0.292 e. The molecule has 0 atom stereocenters. The van der Waals surface area contributed by atoms with Crippen molar-refractivity contribution in [2.75, 3.05) is 18.9 Å². The third kappa shape index (κ3) is 2.74. The first-order valence-corrected chi connectivity index (χ1v) is 7.48. The average Bonchev–Trinajstić information content (AvgIpc) is 3.19. The molecule has 9 heteroatoms. The van der Waals surface area contributed by atoms with Gasteiger partial charge >= 0.3 is 0 Å². The number of nitrogen functional groups attached to an aromatic ring is 1. The monoisotopic (exact) mass is 301 g/mol. The fraction of sp³-hybridized carbons (Fsp3) is 0.455. The summed E-state index contributed by atoms with van der Waals surface area (Å²) < 4.78 is 26.1. The largest absolute Gasteiger partial charge is 0.395 e. The van der Waals surface area contributed by atoms with Gasteiger partial charge in [0.25, 0.3) is 5.69 Å². The predicted molar refractivity (Wildman–Crippen MR) is 71.5 cm³/mol. The van der Waals surface area contributed by atoms with Gasteiger partial charge in [-0.2, -0.15) is 4.31 Å². The van der Waals surface area contributed by atoms with Crippen LogP contribution in [0.5, 0.6) is 0 Å². The maximum atomic E-state index is 12.4. The molecule has 1 fully saturated rings. The highest BCUT2D eigenvalue weighted by Crippen LogP contribution is 2.33. The van der Waals surface area contributed by atoms with Gasteiger partial charge in [0.1, 0.15) is 5.69 Å². The number of nitro benzene ring substituents is 1. The van der Waals surface area contributed by atoms with Gasteiger partial charge in [-0.15, -0.1) is 0 Å². The number of anilines is 1.